The Balaban J connectivity index is 1.59. The Morgan fingerprint density at radius 1 is 1.12 bits per heavy atom. The van der Waals surface area contributed by atoms with E-state index in [1.165, 1.54) is 5.56 Å². The average molecular weight is 330 g/mol. The highest BCUT2D eigenvalue weighted by Gasteiger charge is 2.23. The van der Waals surface area contributed by atoms with E-state index in [2.05, 4.69) is 34.3 Å². The molecule has 0 unspecified atom stereocenters. The van der Waals surface area contributed by atoms with Crippen molar-refractivity contribution in [3.05, 3.63) is 35.4 Å². The van der Waals surface area contributed by atoms with Crippen LogP contribution >= 0.6 is 0 Å². The van der Waals surface area contributed by atoms with Crippen LogP contribution in [0.5, 0.6) is 0 Å². The Bertz CT molecular complexity index is 546. The fourth-order valence-corrected chi connectivity index (χ4v) is 3.62. The van der Waals surface area contributed by atoms with Crippen molar-refractivity contribution >= 4 is 5.91 Å². The molecule has 1 aromatic carbocycles. The quantitative estimate of drug-likeness (QED) is 0.902. The van der Waals surface area contributed by atoms with Gasteiger partial charge in [-0.25, -0.2) is 0 Å². The second-order valence-electron chi connectivity index (χ2n) is 7.13. The van der Waals surface area contributed by atoms with E-state index in [0.717, 1.165) is 64.2 Å². The van der Waals surface area contributed by atoms with Crippen molar-refractivity contribution in [1.82, 2.24) is 20.0 Å². The molecule has 2 fully saturated rings. The van der Waals surface area contributed by atoms with Gasteiger partial charge >= 0.3 is 0 Å². The number of likely N-dealkylation sites (N-methyl/N-ethyl adjacent to an activating group) is 1. The smallest absolute Gasteiger partial charge is 0.253 e. The van der Waals surface area contributed by atoms with Gasteiger partial charge in [-0.05, 0) is 44.6 Å². The van der Waals surface area contributed by atoms with Gasteiger partial charge in [-0.3, -0.25) is 9.69 Å². The van der Waals surface area contributed by atoms with Crippen LogP contribution in [0.25, 0.3) is 0 Å². The van der Waals surface area contributed by atoms with E-state index < -0.39 is 0 Å². The summed E-state index contributed by atoms with van der Waals surface area (Å²) in [6, 6.07) is 8.77. The van der Waals surface area contributed by atoms with E-state index in [0.29, 0.717) is 6.04 Å². The first-order valence-electron chi connectivity index (χ1n) is 9.12. The van der Waals surface area contributed by atoms with Gasteiger partial charge in [0.2, 0.25) is 0 Å². The molecule has 2 aliphatic heterocycles. The SMILES string of the molecule is CNC1CCN(C(=O)c2cccc(CN3CCN(C)CC3)c2)CC1. The molecule has 0 bridgehead atoms. The lowest BCUT2D eigenvalue weighted by Crippen LogP contribution is -2.44. The topological polar surface area (TPSA) is 38.8 Å². The van der Waals surface area contributed by atoms with Crippen LogP contribution < -0.4 is 5.32 Å². The van der Waals surface area contributed by atoms with Gasteiger partial charge < -0.3 is 15.1 Å². The molecule has 0 radical (unpaired) electrons. The Hall–Kier alpha value is -1.43. The molecule has 0 aromatic heterocycles. The fraction of sp³-hybridized carbons (Fsp3) is 0.632. The van der Waals surface area contributed by atoms with Gasteiger partial charge in [-0.1, -0.05) is 12.1 Å². The number of hydrogen-bond donors (Lipinski definition) is 1. The van der Waals surface area contributed by atoms with Crippen molar-refractivity contribution < 1.29 is 4.79 Å². The Morgan fingerprint density at radius 3 is 2.50 bits per heavy atom. The fourth-order valence-electron chi connectivity index (χ4n) is 3.62. The van der Waals surface area contributed by atoms with Crippen LogP contribution in [0.4, 0.5) is 0 Å². The molecule has 132 valence electrons. The van der Waals surface area contributed by atoms with Crippen LogP contribution in [0.15, 0.2) is 24.3 Å². The zero-order valence-corrected chi connectivity index (χ0v) is 15.0. The summed E-state index contributed by atoms with van der Waals surface area (Å²) in [4.78, 5) is 19.6. The zero-order chi connectivity index (χ0) is 16.9. The van der Waals surface area contributed by atoms with Crippen molar-refractivity contribution in [1.29, 1.82) is 0 Å². The Morgan fingerprint density at radius 2 is 1.83 bits per heavy atom. The number of carbonyl (C=O) groups excluding carboxylic acids is 1. The highest BCUT2D eigenvalue weighted by molar-refractivity contribution is 5.94. The summed E-state index contributed by atoms with van der Waals surface area (Å²) in [6.07, 6.45) is 2.09. The lowest BCUT2D eigenvalue weighted by Gasteiger charge is -2.33. The number of piperazine rings is 1. The van der Waals surface area contributed by atoms with E-state index >= 15 is 0 Å². The minimum atomic E-state index is 0.185. The van der Waals surface area contributed by atoms with Crippen molar-refractivity contribution in [2.45, 2.75) is 25.4 Å². The summed E-state index contributed by atoms with van der Waals surface area (Å²) in [5.74, 6) is 0.185. The number of piperidine rings is 1. The van der Waals surface area contributed by atoms with Crippen molar-refractivity contribution in [2.75, 3.05) is 53.4 Å². The second-order valence-corrected chi connectivity index (χ2v) is 7.13. The number of amides is 1. The maximum absolute atomic E-state index is 12.8. The van der Waals surface area contributed by atoms with E-state index in [1.807, 2.05) is 24.1 Å². The molecule has 2 saturated heterocycles. The summed E-state index contributed by atoms with van der Waals surface area (Å²) in [7, 11) is 4.18. The molecular weight excluding hydrogens is 300 g/mol. The molecule has 24 heavy (non-hydrogen) atoms. The van der Waals surface area contributed by atoms with Gasteiger partial charge in [0.1, 0.15) is 0 Å². The number of nitrogens with zero attached hydrogens (tertiary/aromatic N) is 3. The maximum Gasteiger partial charge on any atom is 0.253 e. The summed E-state index contributed by atoms with van der Waals surface area (Å²) in [5.41, 5.74) is 2.08. The normalized spacial score (nSPS) is 21.2. The molecule has 0 spiro atoms. The second kappa shape index (κ2) is 8.10. The average Bonchev–Trinajstić information content (AvgIpc) is 2.63. The Kier molecular flexibility index (Phi) is 5.87. The number of benzene rings is 1. The summed E-state index contributed by atoms with van der Waals surface area (Å²) >= 11 is 0. The third-order valence-electron chi connectivity index (χ3n) is 5.37. The first-order chi connectivity index (χ1) is 11.7. The largest absolute Gasteiger partial charge is 0.339 e. The predicted molar refractivity (Wildman–Crippen MR) is 97.2 cm³/mol. The van der Waals surface area contributed by atoms with Crippen molar-refractivity contribution in [3.63, 3.8) is 0 Å². The van der Waals surface area contributed by atoms with Crippen LogP contribution in [-0.2, 0) is 6.54 Å². The van der Waals surface area contributed by atoms with Gasteiger partial charge in [-0.2, -0.15) is 0 Å². The third-order valence-corrected chi connectivity index (χ3v) is 5.37. The minimum Gasteiger partial charge on any atom is -0.339 e. The van der Waals surface area contributed by atoms with E-state index in [-0.39, 0.29) is 5.91 Å². The van der Waals surface area contributed by atoms with Gasteiger partial charge in [0.05, 0.1) is 0 Å². The van der Waals surface area contributed by atoms with Crippen LogP contribution in [0.3, 0.4) is 0 Å². The zero-order valence-electron chi connectivity index (χ0n) is 15.0. The van der Waals surface area contributed by atoms with Crippen LogP contribution in [0.1, 0.15) is 28.8 Å². The van der Waals surface area contributed by atoms with E-state index in [9.17, 15) is 4.79 Å². The Labute approximate surface area is 145 Å². The molecule has 1 aromatic rings. The lowest BCUT2D eigenvalue weighted by atomic mass is 10.0. The first-order valence-corrected chi connectivity index (χ1v) is 9.12. The highest BCUT2D eigenvalue weighted by atomic mass is 16.2. The number of rotatable bonds is 4. The molecule has 3 rings (SSSR count). The number of carbonyl (C=O) groups is 1. The van der Waals surface area contributed by atoms with Gasteiger partial charge in [0.25, 0.3) is 5.91 Å². The molecule has 0 saturated carbocycles. The predicted octanol–water partition coefficient (Wildman–Crippen LogP) is 1.26. The molecule has 0 aliphatic carbocycles. The van der Waals surface area contributed by atoms with E-state index in [1.54, 1.807) is 0 Å². The summed E-state index contributed by atoms with van der Waals surface area (Å²) in [5, 5.41) is 3.31. The van der Waals surface area contributed by atoms with Crippen molar-refractivity contribution in [2.24, 2.45) is 0 Å². The number of hydrogen-bond acceptors (Lipinski definition) is 4. The monoisotopic (exact) mass is 330 g/mol. The maximum atomic E-state index is 12.8. The van der Waals surface area contributed by atoms with Gasteiger partial charge in [0, 0.05) is 57.4 Å². The van der Waals surface area contributed by atoms with E-state index in [4.69, 9.17) is 0 Å². The summed E-state index contributed by atoms with van der Waals surface area (Å²) in [6.45, 7) is 7.10. The molecule has 2 heterocycles. The number of likely N-dealkylation sites (tertiary alicyclic amines) is 1. The molecule has 1 amide bonds. The van der Waals surface area contributed by atoms with Crippen LogP contribution in [0, 0.1) is 0 Å². The van der Waals surface area contributed by atoms with Crippen molar-refractivity contribution in [3.8, 4) is 0 Å². The molecule has 0 atom stereocenters. The lowest BCUT2D eigenvalue weighted by molar-refractivity contribution is 0.0707. The first kappa shape index (κ1) is 17.4. The standard InChI is InChI=1S/C19H30N4O/c1-20-18-6-8-23(9-7-18)19(24)17-5-3-4-16(14-17)15-22-12-10-21(2)11-13-22/h3-5,14,18,20H,6-13,15H2,1-2H3. The highest BCUT2D eigenvalue weighted by Crippen LogP contribution is 2.16. The molecule has 5 heteroatoms. The minimum absolute atomic E-state index is 0.185. The summed E-state index contributed by atoms with van der Waals surface area (Å²) < 4.78 is 0. The molecular formula is C19H30N4O. The van der Waals surface area contributed by atoms with Crippen LogP contribution in [0.2, 0.25) is 0 Å². The molecule has 2 aliphatic rings. The van der Waals surface area contributed by atoms with Gasteiger partial charge in [-0.15, -0.1) is 0 Å². The number of nitrogens with one attached hydrogen (secondary N) is 1. The molecule has 5 nitrogen and oxygen atoms in total. The van der Waals surface area contributed by atoms with Crippen LogP contribution in [-0.4, -0.2) is 80.0 Å². The van der Waals surface area contributed by atoms with Gasteiger partial charge in [0.15, 0.2) is 0 Å². The third kappa shape index (κ3) is 4.35. The molecule has 1 N–H and O–H groups in total.